The summed E-state index contributed by atoms with van der Waals surface area (Å²) in [5, 5.41) is 13.9. The molecule has 0 aliphatic carbocycles. The molecule has 0 spiro atoms. The molecule has 9 heteroatoms. The number of carbonyl (C=O) groups excluding carboxylic acids is 1. The summed E-state index contributed by atoms with van der Waals surface area (Å²) in [6.07, 6.45) is 53.3. The number of aliphatic hydroxyl groups excluding tert-OH is 1. The molecule has 0 aliphatic rings. The monoisotopic (exact) mass is 841 g/mol. The molecule has 0 aromatic heterocycles. The number of unbranched alkanes of at least 4 members (excludes halogenated alkanes) is 31. The fourth-order valence-corrected chi connectivity index (χ4v) is 8.28. The Labute approximate surface area is 359 Å². The Kier molecular flexibility index (Phi) is 44.7. The Bertz CT molecular complexity index is 963. The van der Waals surface area contributed by atoms with Gasteiger partial charge in [-0.25, -0.2) is 4.57 Å². The zero-order valence-electron chi connectivity index (χ0n) is 38.3. The van der Waals surface area contributed by atoms with Gasteiger partial charge in [0.05, 0.1) is 25.4 Å². The lowest BCUT2D eigenvalue weighted by Gasteiger charge is -2.25. The van der Waals surface area contributed by atoms with Crippen molar-refractivity contribution < 1.29 is 28.4 Å². The summed E-state index contributed by atoms with van der Waals surface area (Å²) >= 11 is 0. The zero-order chi connectivity index (χ0) is 42.5. The molecule has 5 N–H and O–H groups in total. The van der Waals surface area contributed by atoms with Gasteiger partial charge in [-0.3, -0.25) is 13.8 Å². The lowest BCUT2D eigenvalue weighted by atomic mass is 10.0. The molecule has 0 aliphatic heterocycles. The first kappa shape index (κ1) is 57.0. The summed E-state index contributed by atoms with van der Waals surface area (Å²) in [5.74, 6) is -0.163. The van der Waals surface area contributed by atoms with E-state index in [4.69, 9.17) is 14.8 Å². The third kappa shape index (κ3) is 43.1. The summed E-state index contributed by atoms with van der Waals surface area (Å²) in [7, 11) is -4.32. The van der Waals surface area contributed by atoms with Crippen LogP contribution in [0.4, 0.5) is 0 Å². The number of amides is 1. The minimum absolute atomic E-state index is 0.0890. The molecule has 0 fully saturated rings. The standard InChI is InChI=1S/C49H97N2O6P/c1-3-5-7-9-11-13-15-17-19-21-23-24-25-27-29-31-33-35-37-39-41-43-49(53)51-47(46-57-58(54,55)56-45-44-50)48(52)42-40-38-36-34-32-30-28-26-22-20-18-16-14-12-10-8-6-4-2/h15,17,21,23,47-48,52H,3-14,16,18-20,22,24-46,50H2,1-2H3,(H,51,53)(H,54,55)/b17-15-,23-21-. The number of aliphatic hydroxyl groups is 1. The van der Waals surface area contributed by atoms with E-state index < -0.39 is 20.0 Å². The van der Waals surface area contributed by atoms with Gasteiger partial charge in [-0.15, -0.1) is 0 Å². The van der Waals surface area contributed by atoms with Gasteiger partial charge in [0.15, 0.2) is 0 Å². The molecular formula is C49H97N2O6P. The summed E-state index contributed by atoms with van der Waals surface area (Å²) in [5.41, 5.74) is 5.40. The van der Waals surface area contributed by atoms with Crippen molar-refractivity contribution in [1.82, 2.24) is 5.32 Å². The summed E-state index contributed by atoms with van der Waals surface area (Å²) in [6.45, 7) is 4.22. The summed E-state index contributed by atoms with van der Waals surface area (Å²) < 4.78 is 22.3. The maximum atomic E-state index is 12.8. The number of phosphoric ester groups is 1. The average molecular weight is 841 g/mol. The van der Waals surface area contributed by atoms with Crippen LogP contribution in [0.2, 0.25) is 0 Å². The summed E-state index contributed by atoms with van der Waals surface area (Å²) in [6, 6.07) is -0.775. The fraction of sp³-hybridized carbons (Fsp3) is 0.898. The van der Waals surface area contributed by atoms with Gasteiger partial charge < -0.3 is 21.1 Å². The number of allylic oxidation sites excluding steroid dienone is 4. The molecule has 0 aromatic rings. The van der Waals surface area contributed by atoms with Gasteiger partial charge in [0.25, 0.3) is 0 Å². The minimum atomic E-state index is -4.32. The van der Waals surface area contributed by atoms with Crippen molar-refractivity contribution in [3.63, 3.8) is 0 Å². The fourth-order valence-electron chi connectivity index (χ4n) is 7.52. The quantitative estimate of drug-likeness (QED) is 0.0273. The van der Waals surface area contributed by atoms with Crippen LogP contribution in [-0.4, -0.2) is 47.8 Å². The number of nitrogens with two attached hydrogens (primary N) is 1. The van der Waals surface area contributed by atoms with Crippen molar-refractivity contribution in [2.75, 3.05) is 19.8 Å². The summed E-state index contributed by atoms with van der Waals surface area (Å²) in [4.78, 5) is 22.8. The van der Waals surface area contributed by atoms with Crippen LogP contribution in [0.1, 0.15) is 251 Å². The molecule has 0 radical (unpaired) electrons. The molecule has 3 atom stereocenters. The van der Waals surface area contributed by atoms with Crippen molar-refractivity contribution in [3.8, 4) is 0 Å². The van der Waals surface area contributed by atoms with E-state index in [1.54, 1.807) is 0 Å². The molecule has 1 amide bonds. The van der Waals surface area contributed by atoms with E-state index in [0.29, 0.717) is 12.8 Å². The van der Waals surface area contributed by atoms with Crippen LogP contribution >= 0.6 is 7.82 Å². The van der Waals surface area contributed by atoms with E-state index in [9.17, 15) is 19.4 Å². The topological polar surface area (TPSA) is 131 Å². The Morgan fingerprint density at radius 1 is 0.569 bits per heavy atom. The van der Waals surface area contributed by atoms with Crippen LogP contribution in [0.3, 0.4) is 0 Å². The Morgan fingerprint density at radius 3 is 1.36 bits per heavy atom. The van der Waals surface area contributed by atoms with Gasteiger partial charge >= 0.3 is 7.82 Å². The lowest BCUT2D eigenvalue weighted by Crippen LogP contribution is -2.46. The molecule has 58 heavy (non-hydrogen) atoms. The molecule has 344 valence electrons. The number of hydrogen-bond acceptors (Lipinski definition) is 6. The first-order chi connectivity index (χ1) is 28.4. The van der Waals surface area contributed by atoms with Gasteiger partial charge in [-0.05, 0) is 44.9 Å². The molecular weight excluding hydrogens is 744 g/mol. The minimum Gasteiger partial charge on any atom is -0.391 e. The Morgan fingerprint density at radius 2 is 0.948 bits per heavy atom. The van der Waals surface area contributed by atoms with E-state index in [1.807, 2.05) is 0 Å². The van der Waals surface area contributed by atoms with Crippen LogP contribution in [0, 0.1) is 0 Å². The second kappa shape index (κ2) is 45.5. The van der Waals surface area contributed by atoms with E-state index in [-0.39, 0.29) is 25.7 Å². The smallest absolute Gasteiger partial charge is 0.391 e. The van der Waals surface area contributed by atoms with Crippen LogP contribution in [0.25, 0.3) is 0 Å². The molecule has 3 unspecified atom stereocenters. The second-order valence-electron chi connectivity index (χ2n) is 17.0. The SMILES string of the molecule is CCCCCCC/C=C\C/C=C\CCCCCCCCCCCC(=O)NC(COP(=O)(O)OCCN)C(O)CCCCCCCCCCCCCCCCCCCC. The first-order valence-corrected chi connectivity index (χ1v) is 26.4. The van der Waals surface area contributed by atoms with Gasteiger partial charge in [-0.1, -0.05) is 224 Å². The highest BCUT2D eigenvalue weighted by atomic mass is 31.2. The van der Waals surface area contributed by atoms with Gasteiger partial charge in [0, 0.05) is 13.0 Å². The molecule has 0 heterocycles. The van der Waals surface area contributed by atoms with Crippen molar-refractivity contribution in [1.29, 1.82) is 0 Å². The van der Waals surface area contributed by atoms with E-state index in [1.165, 1.54) is 180 Å². The van der Waals surface area contributed by atoms with Crippen molar-refractivity contribution >= 4 is 13.7 Å². The number of phosphoric acid groups is 1. The molecule has 0 bridgehead atoms. The Balaban J connectivity index is 4.07. The van der Waals surface area contributed by atoms with Crippen molar-refractivity contribution in [2.24, 2.45) is 5.73 Å². The maximum absolute atomic E-state index is 12.8. The van der Waals surface area contributed by atoms with Crippen LogP contribution in [0.15, 0.2) is 24.3 Å². The van der Waals surface area contributed by atoms with Gasteiger partial charge in [0.1, 0.15) is 0 Å². The predicted octanol–water partition coefficient (Wildman–Crippen LogP) is 14.5. The van der Waals surface area contributed by atoms with E-state index >= 15 is 0 Å². The first-order valence-electron chi connectivity index (χ1n) is 25.0. The number of hydrogen-bond donors (Lipinski definition) is 4. The molecule has 0 saturated heterocycles. The zero-order valence-corrected chi connectivity index (χ0v) is 39.2. The molecule has 0 aromatic carbocycles. The maximum Gasteiger partial charge on any atom is 0.472 e. The van der Waals surface area contributed by atoms with Crippen molar-refractivity contribution in [2.45, 2.75) is 264 Å². The number of carbonyl (C=O) groups is 1. The van der Waals surface area contributed by atoms with Gasteiger partial charge in [0.2, 0.25) is 5.91 Å². The van der Waals surface area contributed by atoms with Crippen LogP contribution < -0.4 is 11.1 Å². The number of nitrogens with one attached hydrogen (secondary N) is 1. The number of rotatable bonds is 47. The van der Waals surface area contributed by atoms with Gasteiger partial charge in [-0.2, -0.15) is 0 Å². The highest BCUT2D eigenvalue weighted by molar-refractivity contribution is 7.47. The van der Waals surface area contributed by atoms with E-state index in [0.717, 1.165) is 44.9 Å². The third-order valence-electron chi connectivity index (χ3n) is 11.3. The predicted molar refractivity (Wildman–Crippen MR) is 249 cm³/mol. The average Bonchev–Trinajstić information content (AvgIpc) is 3.21. The van der Waals surface area contributed by atoms with Crippen LogP contribution in [0.5, 0.6) is 0 Å². The lowest BCUT2D eigenvalue weighted by molar-refractivity contribution is -0.123. The Hall–Kier alpha value is -1.02. The van der Waals surface area contributed by atoms with Crippen LogP contribution in [-0.2, 0) is 18.4 Å². The third-order valence-corrected chi connectivity index (χ3v) is 12.3. The normalized spacial score (nSPS) is 14.1. The highest BCUT2D eigenvalue weighted by Gasteiger charge is 2.27. The van der Waals surface area contributed by atoms with E-state index in [2.05, 4.69) is 43.5 Å². The largest absolute Gasteiger partial charge is 0.472 e. The van der Waals surface area contributed by atoms with Crippen molar-refractivity contribution in [3.05, 3.63) is 24.3 Å². The molecule has 0 rings (SSSR count). The second-order valence-corrected chi connectivity index (χ2v) is 18.5. The highest BCUT2D eigenvalue weighted by Crippen LogP contribution is 2.43. The molecule has 8 nitrogen and oxygen atoms in total. The molecule has 0 saturated carbocycles.